The Bertz CT molecular complexity index is 918. The van der Waals surface area contributed by atoms with Crippen molar-refractivity contribution in [2.75, 3.05) is 7.11 Å². The lowest BCUT2D eigenvalue weighted by Crippen LogP contribution is -2.15. The van der Waals surface area contributed by atoms with Crippen LogP contribution in [-0.4, -0.2) is 21.7 Å². The number of hydrogen-bond acceptors (Lipinski definition) is 5. The fourth-order valence-corrected chi connectivity index (χ4v) is 4.39. The molecule has 2 aromatic rings. The first-order chi connectivity index (χ1) is 10.8. The third kappa shape index (κ3) is 2.80. The zero-order valence-electron chi connectivity index (χ0n) is 12.4. The number of fused-ring (bicyclic) bond motifs is 3. The summed E-state index contributed by atoms with van der Waals surface area (Å²) in [5, 5.41) is 0.491. The Balaban J connectivity index is 2.22. The zero-order valence-corrected chi connectivity index (χ0v) is 14.0. The Hall–Kier alpha value is -2.05. The van der Waals surface area contributed by atoms with Gasteiger partial charge in [0.05, 0.1) is 17.8 Å². The number of carbonyl (C=O) groups is 1. The molecule has 0 aliphatic carbocycles. The molecule has 0 aromatic heterocycles. The van der Waals surface area contributed by atoms with Gasteiger partial charge in [0.2, 0.25) is 0 Å². The smallest absolute Gasteiger partial charge is 0.437 e. The molecule has 0 N–H and O–H groups in total. The van der Waals surface area contributed by atoms with E-state index in [0.717, 1.165) is 5.56 Å². The summed E-state index contributed by atoms with van der Waals surface area (Å²) in [5.41, 5.74) is 2.68. The molecule has 1 aliphatic heterocycles. The second-order valence-corrected chi connectivity index (χ2v) is 7.63. The van der Waals surface area contributed by atoms with Crippen LogP contribution in [0.5, 0.6) is 5.75 Å². The van der Waals surface area contributed by atoms with Gasteiger partial charge in [-0.15, -0.1) is 0 Å². The number of aryl methyl sites for hydroxylation is 1. The number of ether oxygens (including phenoxy) is 2. The van der Waals surface area contributed by atoms with E-state index >= 15 is 0 Å². The predicted molar refractivity (Wildman–Crippen MR) is 85.5 cm³/mol. The number of sulfone groups is 1. The second kappa shape index (κ2) is 5.54. The Kier molecular flexibility index (Phi) is 3.82. The van der Waals surface area contributed by atoms with Crippen LogP contribution >= 0.6 is 11.6 Å². The van der Waals surface area contributed by atoms with E-state index in [1.165, 1.54) is 13.2 Å². The molecule has 1 aliphatic rings. The van der Waals surface area contributed by atoms with Gasteiger partial charge in [-0.3, -0.25) is 0 Å². The minimum absolute atomic E-state index is 0.136. The van der Waals surface area contributed by atoms with E-state index in [4.69, 9.17) is 16.3 Å². The minimum Gasteiger partial charge on any atom is -0.437 e. The van der Waals surface area contributed by atoms with Gasteiger partial charge in [-0.2, -0.15) is 0 Å². The summed E-state index contributed by atoms with van der Waals surface area (Å²) in [7, 11) is -2.36. The molecule has 1 heterocycles. The largest absolute Gasteiger partial charge is 0.513 e. The standard InChI is InChI=1S/C16H13ClO5S/c1-9-5-13-12-4-3-11(17)6-10(12)8-23(19,20)15(13)7-14(9)22-16(18)21-2/h3-7H,8H2,1-2H3. The first-order valence-electron chi connectivity index (χ1n) is 6.74. The molecule has 0 unspecified atom stereocenters. The van der Waals surface area contributed by atoms with E-state index in [-0.39, 0.29) is 16.4 Å². The van der Waals surface area contributed by atoms with E-state index < -0.39 is 16.0 Å². The van der Waals surface area contributed by atoms with Gasteiger partial charge in [0.25, 0.3) is 0 Å². The van der Waals surface area contributed by atoms with Crippen LogP contribution in [0.3, 0.4) is 0 Å². The average Bonchev–Trinajstić information content (AvgIpc) is 2.47. The molecule has 0 bridgehead atoms. The van der Waals surface area contributed by atoms with Crippen molar-refractivity contribution in [1.29, 1.82) is 0 Å². The van der Waals surface area contributed by atoms with Crippen molar-refractivity contribution in [3.8, 4) is 16.9 Å². The normalized spacial score (nSPS) is 14.6. The van der Waals surface area contributed by atoms with E-state index in [2.05, 4.69) is 4.74 Å². The molecular weight excluding hydrogens is 340 g/mol. The predicted octanol–water partition coefficient (Wildman–Crippen LogP) is 3.75. The van der Waals surface area contributed by atoms with Crippen LogP contribution in [0.15, 0.2) is 35.2 Å². The zero-order chi connectivity index (χ0) is 16.8. The molecule has 0 fully saturated rings. The molecule has 23 heavy (non-hydrogen) atoms. The summed E-state index contributed by atoms with van der Waals surface area (Å²) in [5.74, 6) is 0.0213. The summed E-state index contributed by atoms with van der Waals surface area (Å²) in [6, 6.07) is 8.23. The molecule has 0 saturated carbocycles. The van der Waals surface area contributed by atoms with E-state index in [1.54, 1.807) is 31.2 Å². The van der Waals surface area contributed by atoms with Gasteiger partial charge in [0.1, 0.15) is 5.75 Å². The number of benzene rings is 2. The number of halogens is 1. The maximum absolute atomic E-state index is 12.6. The van der Waals surface area contributed by atoms with Gasteiger partial charge >= 0.3 is 6.16 Å². The molecule has 2 aromatic carbocycles. The molecule has 120 valence electrons. The van der Waals surface area contributed by atoms with Crippen molar-refractivity contribution in [2.24, 2.45) is 0 Å². The Morgan fingerprint density at radius 2 is 1.91 bits per heavy atom. The van der Waals surface area contributed by atoms with E-state index in [1.807, 2.05) is 0 Å². The molecule has 0 atom stereocenters. The molecule has 0 saturated heterocycles. The van der Waals surface area contributed by atoms with Crippen LogP contribution in [-0.2, 0) is 20.3 Å². The monoisotopic (exact) mass is 352 g/mol. The molecule has 5 nitrogen and oxygen atoms in total. The molecule has 3 rings (SSSR count). The van der Waals surface area contributed by atoms with Crippen molar-refractivity contribution >= 4 is 27.6 Å². The lowest BCUT2D eigenvalue weighted by molar-refractivity contribution is 0.121. The number of hydrogen-bond donors (Lipinski definition) is 0. The van der Waals surface area contributed by atoms with Crippen molar-refractivity contribution in [3.63, 3.8) is 0 Å². The number of carbonyl (C=O) groups excluding carboxylic acids is 1. The van der Waals surface area contributed by atoms with Crippen molar-refractivity contribution in [2.45, 2.75) is 17.6 Å². The van der Waals surface area contributed by atoms with Crippen molar-refractivity contribution in [3.05, 3.63) is 46.5 Å². The van der Waals surface area contributed by atoms with Crippen molar-refractivity contribution in [1.82, 2.24) is 0 Å². The SMILES string of the molecule is COC(=O)Oc1cc2c(cc1C)-c1ccc(Cl)cc1CS2(=O)=O. The second-order valence-electron chi connectivity index (χ2n) is 5.23. The van der Waals surface area contributed by atoms with Crippen LogP contribution in [0, 0.1) is 6.92 Å². The number of methoxy groups -OCH3 is 1. The highest BCUT2D eigenvalue weighted by Gasteiger charge is 2.29. The van der Waals surface area contributed by atoms with Gasteiger partial charge in [-0.1, -0.05) is 17.7 Å². The highest BCUT2D eigenvalue weighted by molar-refractivity contribution is 7.90. The van der Waals surface area contributed by atoms with Gasteiger partial charge in [-0.05, 0) is 41.8 Å². The number of rotatable bonds is 1. The molecule has 0 radical (unpaired) electrons. The fourth-order valence-electron chi connectivity index (χ4n) is 2.61. The van der Waals surface area contributed by atoms with Gasteiger partial charge in [-0.25, -0.2) is 13.2 Å². The summed E-state index contributed by atoms with van der Waals surface area (Å²) in [6.45, 7) is 1.73. The van der Waals surface area contributed by atoms with Crippen LogP contribution in [0.2, 0.25) is 5.02 Å². The summed E-state index contributed by atoms with van der Waals surface area (Å²) in [6.07, 6.45) is -0.895. The minimum atomic E-state index is -3.54. The van der Waals surface area contributed by atoms with Crippen LogP contribution in [0.1, 0.15) is 11.1 Å². The lowest BCUT2D eigenvalue weighted by Gasteiger charge is -2.22. The Labute approximate surface area is 138 Å². The molecular formula is C16H13ClO5S. The van der Waals surface area contributed by atoms with E-state index in [0.29, 0.717) is 21.7 Å². The first kappa shape index (κ1) is 15.8. The summed E-state index contributed by atoms with van der Waals surface area (Å²) < 4.78 is 34.6. The van der Waals surface area contributed by atoms with Gasteiger partial charge in [0, 0.05) is 16.7 Å². The topological polar surface area (TPSA) is 69.7 Å². The fraction of sp³-hybridized carbons (Fsp3) is 0.188. The third-order valence-electron chi connectivity index (χ3n) is 3.68. The summed E-state index contributed by atoms with van der Waals surface area (Å²) >= 11 is 5.96. The lowest BCUT2D eigenvalue weighted by atomic mass is 9.98. The van der Waals surface area contributed by atoms with Crippen LogP contribution in [0.25, 0.3) is 11.1 Å². The first-order valence-corrected chi connectivity index (χ1v) is 8.77. The Morgan fingerprint density at radius 3 is 2.61 bits per heavy atom. The highest BCUT2D eigenvalue weighted by atomic mass is 35.5. The highest BCUT2D eigenvalue weighted by Crippen LogP contribution is 2.41. The third-order valence-corrected chi connectivity index (χ3v) is 5.61. The maximum Gasteiger partial charge on any atom is 0.513 e. The van der Waals surface area contributed by atoms with Crippen molar-refractivity contribution < 1.29 is 22.7 Å². The Morgan fingerprint density at radius 1 is 1.17 bits per heavy atom. The average molecular weight is 353 g/mol. The molecule has 7 heteroatoms. The van der Waals surface area contributed by atoms with Gasteiger partial charge in [0.15, 0.2) is 9.84 Å². The quantitative estimate of drug-likeness (QED) is 0.577. The molecule has 0 amide bonds. The van der Waals surface area contributed by atoms with Gasteiger partial charge < -0.3 is 9.47 Å². The van der Waals surface area contributed by atoms with E-state index in [9.17, 15) is 13.2 Å². The molecule has 0 spiro atoms. The summed E-state index contributed by atoms with van der Waals surface area (Å²) in [4.78, 5) is 11.4. The maximum atomic E-state index is 12.6. The van der Waals surface area contributed by atoms with Crippen LogP contribution in [0.4, 0.5) is 4.79 Å². The van der Waals surface area contributed by atoms with Crippen LogP contribution < -0.4 is 4.74 Å².